The smallest absolute Gasteiger partial charge is 0.344 e. The topological polar surface area (TPSA) is 77.4 Å². The van der Waals surface area contributed by atoms with Gasteiger partial charge in [-0.1, -0.05) is 24.3 Å². The maximum atomic E-state index is 12.2. The van der Waals surface area contributed by atoms with Crippen LogP contribution in [0.1, 0.15) is 37.4 Å². The standard InChI is InChI=1S/C22H24N2O5/c1-4-28-22(26)14-29-21-8-6-5-7-18(21)19-13-20(24(23-19)15(2)25)16-9-11-17(27-3)12-10-16/h5-12,20H,4,13-14H2,1-3H3/t20-/m0/s1. The molecule has 2 aromatic rings. The van der Waals surface area contributed by atoms with Gasteiger partial charge >= 0.3 is 5.97 Å². The van der Waals surface area contributed by atoms with Gasteiger partial charge in [-0.25, -0.2) is 9.80 Å². The molecule has 0 fully saturated rings. The number of hydrogen-bond donors (Lipinski definition) is 0. The second-order valence-corrected chi connectivity index (χ2v) is 6.49. The van der Waals surface area contributed by atoms with Gasteiger partial charge in [0.15, 0.2) is 6.61 Å². The molecule has 29 heavy (non-hydrogen) atoms. The van der Waals surface area contributed by atoms with E-state index in [2.05, 4.69) is 5.10 Å². The van der Waals surface area contributed by atoms with Crippen LogP contribution in [0.5, 0.6) is 11.5 Å². The summed E-state index contributed by atoms with van der Waals surface area (Å²) in [5.74, 6) is 0.695. The summed E-state index contributed by atoms with van der Waals surface area (Å²) in [6, 6.07) is 14.7. The van der Waals surface area contributed by atoms with Crippen LogP contribution in [0.4, 0.5) is 0 Å². The Labute approximate surface area is 169 Å². The van der Waals surface area contributed by atoms with Crippen molar-refractivity contribution in [1.29, 1.82) is 0 Å². The largest absolute Gasteiger partial charge is 0.497 e. The molecule has 0 N–H and O–H groups in total. The fourth-order valence-corrected chi connectivity index (χ4v) is 3.22. The highest BCUT2D eigenvalue weighted by atomic mass is 16.6. The van der Waals surface area contributed by atoms with Crippen molar-refractivity contribution in [2.75, 3.05) is 20.3 Å². The average Bonchev–Trinajstić information content (AvgIpc) is 3.18. The molecule has 0 radical (unpaired) electrons. The maximum absolute atomic E-state index is 12.2. The number of carbonyl (C=O) groups excluding carboxylic acids is 2. The van der Waals surface area contributed by atoms with Crippen molar-refractivity contribution >= 4 is 17.6 Å². The van der Waals surface area contributed by atoms with E-state index in [1.165, 1.54) is 11.9 Å². The Morgan fingerprint density at radius 3 is 2.52 bits per heavy atom. The van der Waals surface area contributed by atoms with Crippen LogP contribution in [-0.4, -0.2) is 42.9 Å². The van der Waals surface area contributed by atoms with Crippen LogP contribution in [0, 0.1) is 0 Å². The fraction of sp³-hybridized carbons (Fsp3) is 0.318. The van der Waals surface area contributed by atoms with E-state index < -0.39 is 5.97 Å². The van der Waals surface area contributed by atoms with Gasteiger partial charge in [-0.2, -0.15) is 5.10 Å². The first kappa shape index (κ1) is 20.4. The van der Waals surface area contributed by atoms with Crippen molar-refractivity contribution < 1.29 is 23.8 Å². The number of ether oxygens (including phenoxy) is 3. The number of esters is 1. The first-order valence-corrected chi connectivity index (χ1v) is 9.42. The van der Waals surface area contributed by atoms with Gasteiger partial charge in [-0.15, -0.1) is 0 Å². The third-order valence-electron chi connectivity index (χ3n) is 4.58. The van der Waals surface area contributed by atoms with Crippen LogP contribution < -0.4 is 9.47 Å². The second-order valence-electron chi connectivity index (χ2n) is 6.49. The number of rotatable bonds is 7. The quantitative estimate of drug-likeness (QED) is 0.671. The van der Waals surface area contributed by atoms with Gasteiger partial charge in [-0.3, -0.25) is 4.79 Å². The molecule has 0 unspecified atom stereocenters. The van der Waals surface area contributed by atoms with Crippen LogP contribution in [-0.2, 0) is 14.3 Å². The molecule has 1 aliphatic rings. The number of para-hydroxylation sites is 1. The lowest BCUT2D eigenvalue weighted by molar-refractivity contribution is -0.145. The zero-order valence-electron chi connectivity index (χ0n) is 16.8. The first-order chi connectivity index (χ1) is 14.0. The minimum absolute atomic E-state index is 0.147. The third-order valence-corrected chi connectivity index (χ3v) is 4.58. The lowest BCUT2D eigenvalue weighted by Gasteiger charge is -2.20. The highest BCUT2D eigenvalue weighted by Gasteiger charge is 2.32. The zero-order valence-corrected chi connectivity index (χ0v) is 16.8. The lowest BCUT2D eigenvalue weighted by Crippen LogP contribution is -2.24. The molecule has 152 valence electrons. The summed E-state index contributed by atoms with van der Waals surface area (Å²) >= 11 is 0. The second kappa shape index (κ2) is 9.23. The molecule has 1 aliphatic heterocycles. The van der Waals surface area contributed by atoms with Crippen LogP contribution >= 0.6 is 0 Å². The Morgan fingerprint density at radius 1 is 1.14 bits per heavy atom. The lowest BCUT2D eigenvalue weighted by atomic mass is 9.98. The summed E-state index contributed by atoms with van der Waals surface area (Å²) in [5, 5.41) is 6.04. The van der Waals surface area contributed by atoms with E-state index in [-0.39, 0.29) is 18.6 Å². The predicted molar refractivity (Wildman–Crippen MR) is 108 cm³/mol. The Balaban J connectivity index is 1.84. The summed E-state index contributed by atoms with van der Waals surface area (Å²) in [5.41, 5.74) is 2.43. The molecule has 7 heteroatoms. The Morgan fingerprint density at radius 2 is 1.86 bits per heavy atom. The molecule has 1 atom stereocenters. The number of nitrogens with zero attached hydrogens (tertiary/aromatic N) is 2. The van der Waals surface area contributed by atoms with E-state index in [1.54, 1.807) is 20.1 Å². The van der Waals surface area contributed by atoms with Gasteiger partial charge in [0.25, 0.3) is 0 Å². The molecule has 0 aliphatic carbocycles. The minimum Gasteiger partial charge on any atom is -0.497 e. The van der Waals surface area contributed by atoms with Gasteiger partial charge in [0.2, 0.25) is 5.91 Å². The van der Waals surface area contributed by atoms with Gasteiger partial charge in [0.1, 0.15) is 11.5 Å². The van der Waals surface area contributed by atoms with Crippen molar-refractivity contribution in [3.8, 4) is 11.5 Å². The van der Waals surface area contributed by atoms with Gasteiger partial charge in [-0.05, 0) is 36.8 Å². The van der Waals surface area contributed by atoms with Crippen LogP contribution in [0.2, 0.25) is 0 Å². The molecule has 0 bridgehead atoms. The number of hydrogen-bond acceptors (Lipinski definition) is 6. The number of methoxy groups -OCH3 is 1. The van der Waals surface area contributed by atoms with Gasteiger partial charge in [0.05, 0.1) is 25.5 Å². The van der Waals surface area contributed by atoms with E-state index in [9.17, 15) is 9.59 Å². The number of benzene rings is 2. The SMILES string of the molecule is CCOC(=O)COc1ccccc1C1=NN(C(C)=O)[C@H](c2ccc(OC)cc2)C1. The summed E-state index contributed by atoms with van der Waals surface area (Å²) in [7, 11) is 1.61. The molecule has 3 rings (SSSR count). The van der Waals surface area contributed by atoms with Crippen molar-refractivity contribution in [1.82, 2.24) is 5.01 Å². The van der Waals surface area contributed by atoms with Crippen molar-refractivity contribution in [2.45, 2.75) is 26.3 Å². The Kier molecular flexibility index (Phi) is 6.49. The maximum Gasteiger partial charge on any atom is 0.344 e. The molecule has 0 aromatic heterocycles. The van der Waals surface area contributed by atoms with Crippen LogP contribution in [0.3, 0.4) is 0 Å². The average molecular weight is 396 g/mol. The summed E-state index contributed by atoms with van der Waals surface area (Å²) in [6.45, 7) is 3.35. The number of amides is 1. The van der Waals surface area contributed by atoms with Crippen molar-refractivity contribution in [3.05, 3.63) is 59.7 Å². The summed E-state index contributed by atoms with van der Waals surface area (Å²) < 4.78 is 15.8. The third kappa shape index (κ3) is 4.74. The number of carbonyl (C=O) groups is 2. The van der Waals surface area contributed by atoms with E-state index in [0.717, 1.165) is 22.6 Å². The highest BCUT2D eigenvalue weighted by molar-refractivity contribution is 6.05. The normalized spacial score (nSPS) is 15.6. The molecule has 0 saturated carbocycles. The van der Waals surface area contributed by atoms with Gasteiger partial charge in [0, 0.05) is 18.9 Å². The van der Waals surface area contributed by atoms with E-state index in [1.807, 2.05) is 42.5 Å². The van der Waals surface area contributed by atoms with Crippen molar-refractivity contribution in [3.63, 3.8) is 0 Å². The number of hydrazone groups is 1. The fourth-order valence-electron chi connectivity index (χ4n) is 3.22. The van der Waals surface area contributed by atoms with E-state index in [4.69, 9.17) is 14.2 Å². The summed E-state index contributed by atoms with van der Waals surface area (Å²) in [4.78, 5) is 23.8. The molecule has 0 spiro atoms. The van der Waals surface area contributed by atoms with Crippen LogP contribution in [0.15, 0.2) is 53.6 Å². The van der Waals surface area contributed by atoms with E-state index in [0.29, 0.717) is 18.8 Å². The Hall–Kier alpha value is -3.35. The first-order valence-electron chi connectivity index (χ1n) is 9.42. The monoisotopic (exact) mass is 396 g/mol. The van der Waals surface area contributed by atoms with Crippen molar-refractivity contribution in [2.24, 2.45) is 5.10 Å². The molecule has 1 amide bonds. The molecule has 0 saturated heterocycles. The predicted octanol–water partition coefficient (Wildman–Crippen LogP) is 3.33. The van der Waals surface area contributed by atoms with E-state index >= 15 is 0 Å². The Bertz CT molecular complexity index is 908. The molecular weight excluding hydrogens is 372 g/mol. The summed E-state index contributed by atoms with van der Waals surface area (Å²) in [6.07, 6.45) is 0.533. The van der Waals surface area contributed by atoms with Gasteiger partial charge < -0.3 is 14.2 Å². The van der Waals surface area contributed by atoms with Crippen LogP contribution in [0.25, 0.3) is 0 Å². The zero-order chi connectivity index (χ0) is 20.8. The minimum atomic E-state index is -0.433. The highest BCUT2D eigenvalue weighted by Crippen LogP contribution is 2.35. The molecular formula is C22H24N2O5. The molecule has 7 nitrogen and oxygen atoms in total. The molecule has 2 aromatic carbocycles. The molecule has 1 heterocycles.